The number of fused-ring (bicyclic) bond motifs is 2. The van der Waals surface area contributed by atoms with E-state index in [0.29, 0.717) is 33.5 Å². The number of rotatable bonds is 5. The molecule has 5 aromatic rings. The van der Waals surface area contributed by atoms with Gasteiger partial charge in [0.1, 0.15) is 16.8 Å². The average molecular weight is 497 g/mol. The third-order valence-electron chi connectivity index (χ3n) is 6.40. The minimum atomic E-state index is -1.96. The molecule has 0 saturated heterocycles. The molecule has 0 spiro atoms. The van der Waals surface area contributed by atoms with Crippen LogP contribution in [0.4, 0.5) is 0 Å². The lowest BCUT2D eigenvalue weighted by molar-refractivity contribution is -0.185. The van der Waals surface area contributed by atoms with Crippen molar-refractivity contribution in [2.24, 2.45) is 0 Å². The quantitative estimate of drug-likeness (QED) is 0.358. The van der Waals surface area contributed by atoms with E-state index in [1.165, 1.54) is 0 Å². The van der Waals surface area contributed by atoms with E-state index in [1.807, 2.05) is 31.2 Å². The molecule has 1 unspecified atom stereocenters. The van der Waals surface area contributed by atoms with Gasteiger partial charge in [0.25, 0.3) is 5.79 Å². The molecule has 0 saturated carbocycles. The number of benzene rings is 3. The van der Waals surface area contributed by atoms with Crippen LogP contribution < -0.4 is 4.74 Å². The van der Waals surface area contributed by atoms with Gasteiger partial charge in [-0.3, -0.25) is 9.97 Å². The van der Waals surface area contributed by atoms with E-state index in [-0.39, 0.29) is 6.42 Å². The number of aromatic nitrogens is 4. The number of cyclic esters (lactones) is 1. The van der Waals surface area contributed by atoms with Crippen LogP contribution in [-0.2, 0) is 21.7 Å². The van der Waals surface area contributed by atoms with Gasteiger partial charge in [-0.15, -0.1) is 0 Å². The molecule has 178 valence electrons. The molecule has 0 radical (unpaired) electrons. The number of hydrogen-bond acceptors (Lipinski definition) is 9. The molecule has 0 fully saturated rings. The Balaban J connectivity index is 1.54. The van der Waals surface area contributed by atoms with Crippen molar-refractivity contribution in [1.82, 2.24) is 18.7 Å². The highest BCUT2D eigenvalue weighted by Crippen LogP contribution is 2.45. The summed E-state index contributed by atoms with van der Waals surface area (Å²) in [5, 5.41) is 12.0. The third-order valence-corrected chi connectivity index (χ3v) is 6.96. The topological polar surface area (TPSA) is 107 Å². The number of hydrogen-bond donors (Lipinski definition) is 1. The van der Waals surface area contributed by atoms with Gasteiger partial charge in [-0.05, 0) is 66.1 Å². The van der Waals surface area contributed by atoms with E-state index < -0.39 is 11.8 Å². The fourth-order valence-electron chi connectivity index (χ4n) is 4.62. The highest BCUT2D eigenvalue weighted by molar-refractivity contribution is 7.00. The summed E-state index contributed by atoms with van der Waals surface area (Å²) in [5.74, 6) is -1.90. The van der Waals surface area contributed by atoms with Crippen molar-refractivity contribution < 1.29 is 19.4 Å². The maximum atomic E-state index is 13.3. The summed E-state index contributed by atoms with van der Waals surface area (Å²) in [6.45, 7) is 1.87. The van der Waals surface area contributed by atoms with E-state index in [1.54, 1.807) is 49.8 Å². The summed E-state index contributed by atoms with van der Waals surface area (Å²) >= 11 is 1.10. The number of aryl methyl sites for hydroxylation is 1. The highest BCUT2D eigenvalue weighted by atomic mass is 32.1. The Labute approximate surface area is 210 Å². The average Bonchev–Trinajstić information content (AvgIpc) is 3.45. The van der Waals surface area contributed by atoms with E-state index in [2.05, 4.69) is 18.7 Å². The van der Waals surface area contributed by atoms with Gasteiger partial charge in [-0.2, -0.15) is 8.75 Å². The van der Waals surface area contributed by atoms with Crippen molar-refractivity contribution in [2.75, 3.05) is 7.11 Å². The van der Waals surface area contributed by atoms with Crippen molar-refractivity contribution in [1.29, 1.82) is 0 Å². The van der Waals surface area contributed by atoms with Gasteiger partial charge in [0.05, 0.1) is 35.4 Å². The van der Waals surface area contributed by atoms with Gasteiger partial charge in [0.15, 0.2) is 0 Å². The Bertz CT molecular complexity index is 1700. The molecule has 9 heteroatoms. The predicted molar refractivity (Wildman–Crippen MR) is 135 cm³/mol. The zero-order chi connectivity index (χ0) is 24.9. The van der Waals surface area contributed by atoms with Crippen LogP contribution in [0.2, 0.25) is 0 Å². The van der Waals surface area contributed by atoms with Crippen LogP contribution in [0.3, 0.4) is 0 Å². The summed E-state index contributed by atoms with van der Waals surface area (Å²) in [7, 11) is 1.59. The Morgan fingerprint density at radius 1 is 0.944 bits per heavy atom. The summed E-state index contributed by atoms with van der Waals surface area (Å²) in [4.78, 5) is 22.1. The largest absolute Gasteiger partial charge is 0.496 e. The normalized spacial score (nSPS) is 17.7. The van der Waals surface area contributed by atoms with Crippen molar-refractivity contribution in [2.45, 2.75) is 19.1 Å². The first kappa shape index (κ1) is 22.3. The molecule has 0 amide bonds. The Morgan fingerprint density at radius 2 is 1.72 bits per heavy atom. The molecule has 1 N–H and O–H groups in total. The van der Waals surface area contributed by atoms with E-state index in [9.17, 15) is 9.90 Å². The molecule has 0 aliphatic carbocycles. The maximum absolute atomic E-state index is 13.3. The predicted octanol–water partition coefficient (Wildman–Crippen LogP) is 4.35. The van der Waals surface area contributed by atoms with Gasteiger partial charge in [0, 0.05) is 30.0 Å². The van der Waals surface area contributed by atoms with Gasteiger partial charge < -0.3 is 14.6 Å². The second-order valence-electron chi connectivity index (χ2n) is 8.60. The van der Waals surface area contributed by atoms with E-state index in [4.69, 9.17) is 9.47 Å². The Morgan fingerprint density at radius 3 is 2.53 bits per heavy atom. The number of methoxy groups -OCH3 is 1. The first-order valence-electron chi connectivity index (χ1n) is 11.2. The van der Waals surface area contributed by atoms with Crippen molar-refractivity contribution >= 4 is 45.3 Å². The molecule has 1 aliphatic heterocycles. The minimum Gasteiger partial charge on any atom is -0.496 e. The molecule has 8 nitrogen and oxygen atoms in total. The molecule has 1 aliphatic rings. The van der Waals surface area contributed by atoms with Crippen LogP contribution in [0.25, 0.3) is 27.6 Å². The molecule has 6 rings (SSSR count). The molecule has 3 aromatic carbocycles. The molecule has 36 heavy (non-hydrogen) atoms. The minimum absolute atomic E-state index is 0.252. The van der Waals surface area contributed by atoms with Crippen LogP contribution in [-0.4, -0.2) is 36.9 Å². The molecular formula is C27H20N4O4S. The van der Waals surface area contributed by atoms with Crippen LogP contribution in [0.1, 0.15) is 22.3 Å². The standard InChI is InChI=1S/C27H20N4O4S/c1-15-11-18(5-8-24(15)34-2)27(33)19(12-16-3-6-20-22(13-16)29-10-9-28-20)25(26(32)35-27)17-4-7-21-23(14-17)31-36-30-21/h3-11,13-14,33H,12H2,1-2H3. The first-order valence-corrected chi connectivity index (χ1v) is 12.0. The lowest BCUT2D eigenvalue weighted by Gasteiger charge is -2.26. The van der Waals surface area contributed by atoms with Crippen molar-refractivity contribution in [3.63, 3.8) is 0 Å². The number of nitrogens with zero attached hydrogens (tertiary/aromatic N) is 4. The lowest BCUT2D eigenvalue weighted by atomic mass is 9.87. The summed E-state index contributed by atoms with van der Waals surface area (Å²) in [5.41, 5.74) is 6.35. The smallest absolute Gasteiger partial charge is 0.342 e. The lowest BCUT2D eigenvalue weighted by Crippen LogP contribution is -2.30. The van der Waals surface area contributed by atoms with Gasteiger partial charge in [-0.25, -0.2) is 4.79 Å². The van der Waals surface area contributed by atoms with Crippen molar-refractivity contribution in [3.05, 3.63) is 94.8 Å². The molecule has 3 heterocycles. The number of carbonyl (C=O) groups is 1. The zero-order valence-corrected chi connectivity index (χ0v) is 20.2. The van der Waals surface area contributed by atoms with Crippen LogP contribution in [0.5, 0.6) is 5.75 Å². The van der Waals surface area contributed by atoms with E-state index >= 15 is 0 Å². The maximum Gasteiger partial charge on any atom is 0.342 e. The monoisotopic (exact) mass is 496 g/mol. The number of ether oxygens (including phenoxy) is 2. The molecule has 1 atom stereocenters. The molecular weight excluding hydrogens is 476 g/mol. The van der Waals surface area contributed by atoms with Crippen LogP contribution in [0.15, 0.2) is 72.6 Å². The summed E-state index contributed by atoms with van der Waals surface area (Å²) in [6, 6.07) is 16.3. The first-order chi connectivity index (χ1) is 17.5. The second-order valence-corrected chi connectivity index (χ2v) is 9.12. The van der Waals surface area contributed by atoms with Crippen LogP contribution in [0, 0.1) is 6.92 Å². The second kappa shape index (κ2) is 8.47. The molecule has 2 aromatic heterocycles. The van der Waals surface area contributed by atoms with Crippen LogP contribution >= 0.6 is 11.7 Å². The summed E-state index contributed by atoms with van der Waals surface area (Å²) < 4.78 is 19.7. The zero-order valence-electron chi connectivity index (χ0n) is 19.4. The van der Waals surface area contributed by atoms with Crippen molar-refractivity contribution in [3.8, 4) is 5.75 Å². The Hall–Kier alpha value is -4.21. The fraction of sp³-hybridized carbons (Fsp3) is 0.148. The van der Waals surface area contributed by atoms with Gasteiger partial charge in [0.2, 0.25) is 0 Å². The number of carbonyl (C=O) groups excluding carboxylic acids is 1. The van der Waals surface area contributed by atoms with Gasteiger partial charge in [-0.1, -0.05) is 12.1 Å². The third kappa shape index (κ3) is 3.60. The SMILES string of the molecule is COc1ccc(C2(O)OC(=O)C(c3ccc4nsnc4c3)=C2Cc2ccc3nccnc3c2)cc1C. The fourth-order valence-corrected chi connectivity index (χ4v) is 5.14. The highest BCUT2D eigenvalue weighted by Gasteiger charge is 2.48. The molecule has 0 bridgehead atoms. The number of aliphatic hydroxyl groups is 1. The van der Waals surface area contributed by atoms with Gasteiger partial charge >= 0.3 is 5.97 Å². The Kier molecular flexibility index (Phi) is 5.24. The number of esters is 1. The van der Waals surface area contributed by atoms with E-state index in [0.717, 1.165) is 39.4 Å². The summed E-state index contributed by atoms with van der Waals surface area (Å²) in [6.07, 6.45) is 3.52.